The summed E-state index contributed by atoms with van der Waals surface area (Å²) in [7, 11) is -8.36. The maximum Gasteiger partial charge on any atom is 0.310 e. The van der Waals surface area contributed by atoms with Crippen LogP contribution in [0.5, 0.6) is 5.75 Å². The summed E-state index contributed by atoms with van der Waals surface area (Å²) in [5.74, 6) is 1.73. The molecule has 2 aromatic carbocycles. The van der Waals surface area contributed by atoms with Crippen LogP contribution in [-0.2, 0) is 21.5 Å². The molecule has 9 nitrogen and oxygen atoms in total. The first-order valence-corrected chi connectivity index (χ1v) is 15.5. The summed E-state index contributed by atoms with van der Waals surface area (Å²) in [6.07, 6.45) is 4.20. The van der Waals surface area contributed by atoms with Crippen LogP contribution >= 0.6 is 10.2 Å². The third-order valence-electron chi connectivity index (χ3n) is 8.07. The number of aromatic nitrogens is 3. The second-order valence-corrected chi connectivity index (χ2v) is 13.5. The monoisotopic (exact) mass is 627 g/mol. The number of oxime groups is 1. The van der Waals surface area contributed by atoms with Crippen LogP contribution in [-0.4, -0.2) is 62.6 Å². The first kappa shape index (κ1) is 29.2. The number of hydrogen-bond acceptors (Lipinski definition) is 8. The van der Waals surface area contributed by atoms with Crippen molar-refractivity contribution in [3.63, 3.8) is 0 Å². The number of methoxy groups -OCH3 is 1. The number of hydrogen-bond donors (Lipinski definition) is 1. The molecule has 3 aliphatic rings. The van der Waals surface area contributed by atoms with Crippen molar-refractivity contribution in [3.8, 4) is 11.4 Å². The minimum absolute atomic E-state index is 0.169. The van der Waals surface area contributed by atoms with Crippen LogP contribution in [0.25, 0.3) is 11.8 Å². The number of rotatable bonds is 7. The second kappa shape index (κ2) is 9.08. The smallest absolute Gasteiger partial charge is 0.310 e. The molecule has 3 heterocycles. The van der Waals surface area contributed by atoms with Crippen molar-refractivity contribution in [3.05, 3.63) is 71.5 Å². The summed E-state index contributed by atoms with van der Waals surface area (Å²) in [4.78, 5) is 9.57. The van der Waals surface area contributed by atoms with E-state index in [2.05, 4.69) is 15.2 Å². The molecule has 15 heteroatoms. The molecule has 1 N–H and O–H groups in total. The number of aliphatic hydroxyl groups is 1. The Morgan fingerprint density at radius 3 is 2.42 bits per heavy atom. The molecule has 1 saturated carbocycles. The van der Waals surface area contributed by atoms with E-state index in [1.165, 1.54) is 14.0 Å². The van der Waals surface area contributed by atoms with E-state index in [-0.39, 0.29) is 24.6 Å². The Bertz CT molecular complexity index is 1640. The van der Waals surface area contributed by atoms with Gasteiger partial charge < -0.3 is 24.3 Å². The SMILES string of the molecule is CCc1ncn(-c2ccc(C=C3OC4(CC4)CN4C3=NOCC4(c3ccc(S(F)(F)(F)(F)F)cc3)C(C)O)cc2OC)n1. The van der Waals surface area contributed by atoms with Gasteiger partial charge in [-0.05, 0) is 61.2 Å². The average molecular weight is 628 g/mol. The highest BCUT2D eigenvalue weighted by Crippen LogP contribution is 3.02. The number of morpholine rings is 1. The number of fused-ring (bicyclic) bond motifs is 1. The quantitative estimate of drug-likeness (QED) is 0.307. The lowest BCUT2D eigenvalue weighted by atomic mass is 9.82. The van der Waals surface area contributed by atoms with Crippen molar-refractivity contribution < 1.29 is 38.8 Å². The van der Waals surface area contributed by atoms with E-state index < -0.39 is 32.4 Å². The van der Waals surface area contributed by atoms with Crippen molar-refractivity contribution in [1.82, 2.24) is 19.7 Å². The minimum Gasteiger partial charge on any atom is -0.494 e. The maximum atomic E-state index is 13.5. The number of benzene rings is 2. The van der Waals surface area contributed by atoms with Gasteiger partial charge in [0.05, 0.1) is 19.8 Å². The molecule has 2 fully saturated rings. The van der Waals surface area contributed by atoms with Gasteiger partial charge in [0.15, 0.2) is 11.6 Å². The summed E-state index contributed by atoms with van der Waals surface area (Å²) in [6, 6.07) is 8.04. The molecule has 1 saturated heterocycles. The van der Waals surface area contributed by atoms with Crippen LogP contribution < -0.4 is 4.74 Å². The number of nitrogens with zero attached hydrogens (tertiary/aromatic N) is 5. The summed E-state index contributed by atoms with van der Waals surface area (Å²) < 4.78 is 80.9. The van der Waals surface area contributed by atoms with Crippen LogP contribution in [0.4, 0.5) is 19.4 Å². The number of aliphatic hydroxyl groups excluding tert-OH is 1. The van der Waals surface area contributed by atoms with Gasteiger partial charge in [-0.25, -0.2) is 9.67 Å². The molecule has 2 atom stereocenters. The van der Waals surface area contributed by atoms with Gasteiger partial charge in [0.2, 0.25) is 5.84 Å². The second-order valence-electron chi connectivity index (χ2n) is 11.1. The number of halogens is 5. The Balaban J connectivity index is 1.40. The van der Waals surface area contributed by atoms with E-state index in [9.17, 15) is 24.5 Å². The van der Waals surface area contributed by atoms with Gasteiger partial charge in [-0.15, -0.1) is 0 Å². The third-order valence-corrected chi connectivity index (χ3v) is 9.23. The molecule has 2 aliphatic heterocycles. The summed E-state index contributed by atoms with van der Waals surface area (Å²) >= 11 is 0. The Labute approximate surface area is 244 Å². The molecule has 0 bridgehead atoms. The molecule has 2 unspecified atom stereocenters. The fraction of sp³-hybridized carbons (Fsp3) is 0.393. The topological polar surface area (TPSA) is 94.2 Å². The van der Waals surface area contributed by atoms with Crippen LogP contribution in [0.15, 0.2) is 64.6 Å². The molecule has 0 amide bonds. The predicted molar refractivity (Wildman–Crippen MR) is 150 cm³/mol. The van der Waals surface area contributed by atoms with Gasteiger partial charge in [0.25, 0.3) is 0 Å². The lowest BCUT2D eigenvalue weighted by molar-refractivity contribution is -0.0996. The fourth-order valence-corrected chi connectivity index (χ4v) is 6.17. The van der Waals surface area contributed by atoms with E-state index in [0.29, 0.717) is 60.0 Å². The van der Waals surface area contributed by atoms with E-state index in [0.717, 1.165) is 12.1 Å². The highest BCUT2D eigenvalue weighted by molar-refractivity contribution is 8.45. The molecule has 1 spiro atoms. The third kappa shape index (κ3) is 5.18. The van der Waals surface area contributed by atoms with Crippen molar-refractivity contribution >= 4 is 22.1 Å². The molecule has 6 rings (SSSR count). The fourth-order valence-electron chi connectivity index (χ4n) is 5.52. The molecule has 3 aromatic rings. The summed E-state index contributed by atoms with van der Waals surface area (Å²) in [6.45, 7) is 3.45. The molecule has 1 aliphatic carbocycles. The number of amidine groups is 1. The van der Waals surface area contributed by atoms with Gasteiger partial charge in [0.1, 0.15) is 40.4 Å². The first-order valence-electron chi connectivity index (χ1n) is 13.6. The Morgan fingerprint density at radius 1 is 1.12 bits per heavy atom. The number of ether oxygens (including phenoxy) is 2. The van der Waals surface area contributed by atoms with Gasteiger partial charge in [-0.1, -0.05) is 49.7 Å². The molecule has 1 aromatic heterocycles. The van der Waals surface area contributed by atoms with Gasteiger partial charge in [-0.2, -0.15) is 5.10 Å². The van der Waals surface area contributed by atoms with E-state index >= 15 is 0 Å². The lowest BCUT2D eigenvalue weighted by Crippen LogP contribution is -2.64. The van der Waals surface area contributed by atoms with Gasteiger partial charge in [0, 0.05) is 6.42 Å². The zero-order chi connectivity index (χ0) is 30.9. The van der Waals surface area contributed by atoms with Crippen molar-refractivity contribution in [2.45, 2.75) is 55.2 Å². The van der Waals surface area contributed by atoms with Gasteiger partial charge in [-0.3, -0.25) is 0 Å². The highest BCUT2D eigenvalue weighted by Gasteiger charge is 2.65. The lowest BCUT2D eigenvalue weighted by Gasteiger charge is -2.52. The maximum absolute atomic E-state index is 13.5. The summed E-state index contributed by atoms with van der Waals surface area (Å²) in [5, 5.41) is 19.8. The van der Waals surface area contributed by atoms with Crippen molar-refractivity contribution in [2.75, 3.05) is 20.3 Å². The normalized spacial score (nSPS) is 24.3. The van der Waals surface area contributed by atoms with Crippen molar-refractivity contribution in [1.29, 1.82) is 0 Å². The number of aryl methyl sites for hydroxylation is 1. The van der Waals surface area contributed by atoms with E-state index in [4.69, 9.17) is 14.3 Å². The minimum atomic E-state index is -9.89. The van der Waals surface area contributed by atoms with E-state index in [1.54, 1.807) is 28.1 Å². The predicted octanol–water partition coefficient (Wildman–Crippen LogP) is 6.32. The highest BCUT2D eigenvalue weighted by atomic mass is 32.5. The Kier molecular flexibility index (Phi) is 6.17. The molecule has 43 heavy (non-hydrogen) atoms. The van der Waals surface area contributed by atoms with E-state index in [1.807, 2.05) is 19.1 Å². The zero-order valence-electron chi connectivity index (χ0n) is 23.5. The van der Waals surface area contributed by atoms with Gasteiger partial charge >= 0.3 is 10.2 Å². The van der Waals surface area contributed by atoms with Crippen LogP contribution in [0, 0.1) is 0 Å². The molecular formula is C28H30F5N5O4S. The largest absolute Gasteiger partial charge is 0.494 e. The zero-order valence-corrected chi connectivity index (χ0v) is 24.3. The van der Waals surface area contributed by atoms with Crippen LogP contribution in [0.3, 0.4) is 0 Å². The molecule has 0 radical (unpaired) electrons. The Hall–Kier alpha value is -3.85. The van der Waals surface area contributed by atoms with Crippen LogP contribution in [0.2, 0.25) is 0 Å². The molecule has 232 valence electrons. The standard InChI is InChI=1S/C28H30F5N5O4S/c1-4-25-34-17-38(35-25)22-10-5-19(13-23(22)40-3)14-24-26-36-41-16-28(18(2)39,37(26)15-27(42-24)11-12-27)20-6-8-21(9-7-20)43(29,30,31,32)33/h5-10,13-14,17-18,39H,4,11-12,15-16H2,1-3H3. The average Bonchev–Trinajstić information content (AvgIpc) is 3.51. The van der Waals surface area contributed by atoms with Crippen LogP contribution in [0.1, 0.15) is 43.6 Å². The first-order chi connectivity index (χ1) is 20.1. The Morgan fingerprint density at radius 2 is 1.84 bits per heavy atom. The molecular weight excluding hydrogens is 597 g/mol. The van der Waals surface area contributed by atoms with Crippen molar-refractivity contribution in [2.24, 2.45) is 5.16 Å². The summed E-state index contributed by atoms with van der Waals surface area (Å²) in [5.41, 5.74) is -0.531.